The van der Waals surface area contributed by atoms with Crippen LogP contribution in [0.4, 0.5) is 5.69 Å². The van der Waals surface area contributed by atoms with Gasteiger partial charge in [-0.3, -0.25) is 4.79 Å². The van der Waals surface area contributed by atoms with Crippen LogP contribution in [0.1, 0.15) is 6.42 Å². The molecule has 5 nitrogen and oxygen atoms in total. The summed E-state index contributed by atoms with van der Waals surface area (Å²) in [6.07, 6.45) is 0.803. The Balaban J connectivity index is 1.63. The number of hydrogen-bond acceptors (Lipinski definition) is 5. The summed E-state index contributed by atoms with van der Waals surface area (Å²) in [6, 6.07) is 10.0. The van der Waals surface area contributed by atoms with Crippen molar-refractivity contribution in [2.75, 3.05) is 24.3 Å². The highest BCUT2D eigenvalue weighted by atomic mass is 35.5. The van der Waals surface area contributed by atoms with Crippen molar-refractivity contribution in [3.63, 3.8) is 0 Å². The van der Waals surface area contributed by atoms with Crippen LogP contribution in [0.2, 0.25) is 5.02 Å². The van der Waals surface area contributed by atoms with Crippen LogP contribution in [0.25, 0.3) is 0 Å². The molecule has 0 bridgehead atoms. The quantitative estimate of drug-likeness (QED) is 0.803. The lowest BCUT2D eigenvalue weighted by atomic mass is 10.2. The van der Waals surface area contributed by atoms with Crippen LogP contribution in [-0.2, 0) is 4.79 Å². The minimum absolute atomic E-state index is 0.176. The van der Waals surface area contributed by atoms with E-state index in [-0.39, 0.29) is 17.4 Å². The van der Waals surface area contributed by atoms with E-state index >= 15 is 0 Å². The van der Waals surface area contributed by atoms with Crippen LogP contribution in [0.3, 0.4) is 0 Å². The van der Waals surface area contributed by atoms with Gasteiger partial charge in [0.05, 0.1) is 29.7 Å². The van der Waals surface area contributed by atoms with E-state index in [4.69, 9.17) is 21.1 Å². The number of aromatic hydroxyl groups is 1. The van der Waals surface area contributed by atoms with Gasteiger partial charge in [-0.05, 0) is 24.3 Å². The molecule has 0 aromatic heterocycles. The van der Waals surface area contributed by atoms with Gasteiger partial charge < -0.3 is 19.9 Å². The normalized spacial score (nSPS) is 13.2. The molecule has 24 heavy (non-hydrogen) atoms. The van der Waals surface area contributed by atoms with Gasteiger partial charge in [0, 0.05) is 23.4 Å². The fraction of sp³-hybridized carbons (Fsp3) is 0.235. The maximum absolute atomic E-state index is 12.1. The molecule has 1 aliphatic rings. The van der Waals surface area contributed by atoms with Crippen molar-refractivity contribution in [3.8, 4) is 17.2 Å². The molecule has 2 aromatic rings. The number of carbonyl (C=O) groups is 1. The average Bonchev–Trinajstić information content (AvgIpc) is 2.79. The van der Waals surface area contributed by atoms with Gasteiger partial charge in [-0.1, -0.05) is 11.6 Å². The Bertz CT molecular complexity index is 736. The van der Waals surface area contributed by atoms with Gasteiger partial charge in [-0.2, -0.15) is 0 Å². The van der Waals surface area contributed by atoms with Crippen LogP contribution in [-0.4, -0.2) is 30.0 Å². The summed E-state index contributed by atoms with van der Waals surface area (Å²) in [6.45, 7) is 1.15. The van der Waals surface area contributed by atoms with Crippen molar-refractivity contribution in [1.29, 1.82) is 0 Å². The molecule has 0 aliphatic carbocycles. The summed E-state index contributed by atoms with van der Waals surface area (Å²) in [5.74, 6) is 1.43. The van der Waals surface area contributed by atoms with E-state index in [1.807, 2.05) is 0 Å². The zero-order chi connectivity index (χ0) is 16.9. The van der Waals surface area contributed by atoms with Gasteiger partial charge in [0.25, 0.3) is 0 Å². The number of fused-ring (bicyclic) bond motifs is 1. The lowest BCUT2D eigenvalue weighted by Crippen LogP contribution is -2.14. The second kappa shape index (κ2) is 7.68. The summed E-state index contributed by atoms with van der Waals surface area (Å²) in [5.41, 5.74) is 0.497. The number of ether oxygens (including phenoxy) is 2. The summed E-state index contributed by atoms with van der Waals surface area (Å²) >= 11 is 7.58. The highest BCUT2D eigenvalue weighted by Gasteiger charge is 2.15. The molecule has 7 heteroatoms. The maximum Gasteiger partial charge on any atom is 0.234 e. The van der Waals surface area contributed by atoms with Gasteiger partial charge in [0.1, 0.15) is 5.75 Å². The molecule has 0 saturated carbocycles. The SMILES string of the molecule is O=C(CSc1ccc(O)cc1)Nc1cc2c(cc1Cl)OCCCO2. The van der Waals surface area contributed by atoms with Crippen molar-refractivity contribution in [2.45, 2.75) is 11.3 Å². The van der Waals surface area contributed by atoms with Crippen LogP contribution in [0, 0.1) is 0 Å². The topological polar surface area (TPSA) is 67.8 Å². The monoisotopic (exact) mass is 365 g/mol. The zero-order valence-corrected chi connectivity index (χ0v) is 14.3. The molecule has 0 fully saturated rings. The third kappa shape index (κ3) is 4.27. The van der Waals surface area contributed by atoms with E-state index < -0.39 is 0 Å². The molecular weight excluding hydrogens is 350 g/mol. The van der Waals surface area contributed by atoms with Gasteiger partial charge in [0.2, 0.25) is 5.91 Å². The second-order valence-electron chi connectivity index (χ2n) is 5.16. The Kier molecular flexibility index (Phi) is 5.37. The first kappa shape index (κ1) is 16.8. The zero-order valence-electron chi connectivity index (χ0n) is 12.8. The van der Waals surface area contributed by atoms with Crippen molar-refractivity contribution in [3.05, 3.63) is 41.4 Å². The molecule has 2 N–H and O–H groups in total. The smallest absolute Gasteiger partial charge is 0.234 e. The molecule has 1 heterocycles. The number of benzene rings is 2. The van der Waals surface area contributed by atoms with Gasteiger partial charge in [0.15, 0.2) is 11.5 Å². The predicted molar refractivity (Wildman–Crippen MR) is 94.5 cm³/mol. The molecule has 2 aromatic carbocycles. The molecule has 1 aliphatic heterocycles. The van der Waals surface area contributed by atoms with E-state index in [9.17, 15) is 9.90 Å². The molecule has 3 rings (SSSR count). The summed E-state index contributed by atoms with van der Waals surface area (Å²) < 4.78 is 11.2. The van der Waals surface area contributed by atoms with Crippen molar-refractivity contribution in [2.24, 2.45) is 0 Å². The third-order valence-electron chi connectivity index (χ3n) is 3.32. The van der Waals surface area contributed by atoms with Crippen molar-refractivity contribution < 1.29 is 19.4 Å². The average molecular weight is 366 g/mol. The standard InChI is InChI=1S/C17H16ClNO4S/c18-13-8-15-16(23-7-1-6-22-15)9-14(13)19-17(21)10-24-12-4-2-11(20)3-5-12/h2-5,8-9,20H,1,6-7,10H2,(H,19,21). The van der Waals surface area contributed by atoms with E-state index in [0.29, 0.717) is 35.4 Å². The third-order valence-corrected chi connectivity index (χ3v) is 4.64. The molecule has 1 amide bonds. The highest BCUT2D eigenvalue weighted by Crippen LogP contribution is 2.37. The van der Waals surface area contributed by atoms with Crippen LogP contribution >= 0.6 is 23.4 Å². The first-order valence-electron chi connectivity index (χ1n) is 7.42. The van der Waals surface area contributed by atoms with Crippen LogP contribution < -0.4 is 14.8 Å². The van der Waals surface area contributed by atoms with E-state index in [2.05, 4.69) is 5.32 Å². The van der Waals surface area contributed by atoms with Crippen LogP contribution in [0.15, 0.2) is 41.3 Å². The Morgan fingerprint density at radius 3 is 2.54 bits per heavy atom. The summed E-state index contributed by atoms with van der Waals surface area (Å²) in [7, 11) is 0. The predicted octanol–water partition coefficient (Wildman–Crippen LogP) is 3.94. The molecule has 126 valence electrons. The number of phenolic OH excluding ortho intramolecular Hbond substituents is 1. The number of phenols is 1. The lowest BCUT2D eigenvalue weighted by Gasteiger charge is -2.12. The molecule has 0 spiro atoms. The van der Waals surface area contributed by atoms with E-state index in [1.54, 1.807) is 36.4 Å². The fourth-order valence-electron chi connectivity index (χ4n) is 2.16. The number of thioether (sulfide) groups is 1. The number of hydrogen-bond donors (Lipinski definition) is 2. The maximum atomic E-state index is 12.1. The van der Waals surface area contributed by atoms with E-state index in [0.717, 1.165) is 11.3 Å². The highest BCUT2D eigenvalue weighted by molar-refractivity contribution is 8.00. The number of anilines is 1. The van der Waals surface area contributed by atoms with Crippen molar-refractivity contribution >= 4 is 35.0 Å². The number of carbonyl (C=O) groups excluding carboxylic acids is 1. The molecule has 0 saturated heterocycles. The van der Waals surface area contributed by atoms with Gasteiger partial charge in [-0.25, -0.2) is 0 Å². The Labute approximate surface area is 148 Å². The van der Waals surface area contributed by atoms with Gasteiger partial charge in [-0.15, -0.1) is 11.8 Å². The largest absolute Gasteiger partial charge is 0.508 e. The van der Waals surface area contributed by atoms with Gasteiger partial charge >= 0.3 is 0 Å². The number of nitrogens with one attached hydrogen (secondary N) is 1. The Morgan fingerprint density at radius 2 is 1.83 bits per heavy atom. The summed E-state index contributed by atoms with van der Waals surface area (Å²) in [5, 5.41) is 12.4. The number of halogens is 1. The second-order valence-corrected chi connectivity index (χ2v) is 6.62. The molecule has 0 unspecified atom stereocenters. The number of rotatable bonds is 4. The minimum atomic E-state index is -0.176. The first-order chi connectivity index (χ1) is 11.6. The van der Waals surface area contributed by atoms with Crippen LogP contribution in [0.5, 0.6) is 17.2 Å². The lowest BCUT2D eigenvalue weighted by molar-refractivity contribution is -0.113. The molecular formula is C17H16ClNO4S. The molecule has 0 radical (unpaired) electrons. The van der Waals surface area contributed by atoms with Crippen molar-refractivity contribution in [1.82, 2.24) is 0 Å². The minimum Gasteiger partial charge on any atom is -0.508 e. The number of amides is 1. The molecule has 0 atom stereocenters. The first-order valence-corrected chi connectivity index (χ1v) is 8.79. The Morgan fingerprint density at radius 1 is 1.17 bits per heavy atom. The summed E-state index contributed by atoms with van der Waals surface area (Å²) in [4.78, 5) is 13.0. The van der Waals surface area contributed by atoms with E-state index in [1.165, 1.54) is 11.8 Å². The fourth-order valence-corrected chi connectivity index (χ4v) is 3.06. The Hall–Kier alpha value is -2.05.